The van der Waals surface area contributed by atoms with Crippen LogP contribution >= 0.6 is 0 Å². The van der Waals surface area contributed by atoms with Gasteiger partial charge in [0.1, 0.15) is 0 Å². The van der Waals surface area contributed by atoms with Gasteiger partial charge in [-0.2, -0.15) is 0 Å². The lowest BCUT2D eigenvalue weighted by Crippen LogP contribution is -2.43. The molecule has 11 heavy (non-hydrogen) atoms. The van der Waals surface area contributed by atoms with Gasteiger partial charge in [-0.15, -0.1) is 0 Å². The Balaban J connectivity index is 2.09. The van der Waals surface area contributed by atoms with E-state index in [0.29, 0.717) is 0 Å². The van der Waals surface area contributed by atoms with Crippen LogP contribution in [0.3, 0.4) is 0 Å². The van der Waals surface area contributed by atoms with E-state index in [-0.39, 0.29) is 0 Å². The first kappa shape index (κ1) is 8.56. The Morgan fingerprint density at radius 3 is 2.64 bits per heavy atom. The van der Waals surface area contributed by atoms with Crippen LogP contribution in [-0.2, 0) is 0 Å². The summed E-state index contributed by atoms with van der Waals surface area (Å²) in [6.07, 6.45) is 0.931. The Morgan fingerprint density at radius 1 is 1.45 bits per heavy atom. The topological polar surface area (TPSA) is 41.3 Å². The van der Waals surface area contributed by atoms with Crippen LogP contribution in [0.1, 0.15) is 6.42 Å². The Labute approximate surface area is 68.2 Å². The molecule has 0 spiro atoms. The first-order chi connectivity index (χ1) is 5.29. The number of rotatable bonds is 3. The van der Waals surface area contributed by atoms with Crippen molar-refractivity contribution in [2.45, 2.75) is 6.42 Å². The summed E-state index contributed by atoms with van der Waals surface area (Å²) in [5, 5.41) is 3.31. The van der Waals surface area contributed by atoms with Crippen LogP contribution in [0.4, 0.5) is 0 Å². The van der Waals surface area contributed by atoms with Crippen molar-refractivity contribution in [2.24, 2.45) is 5.73 Å². The summed E-state index contributed by atoms with van der Waals surface area (Å²) in [6, 6.07) is 0. The maximum Gasteiger partial charge on any atom is 0.0108 e. The van der Waals surface area contributed by atoms with Gasteiger partial charge in [-0.25, -0.2) is 0 Å². The zero-order chi connectivity index (χ0) is 8.10. The quantitative estimate of drug-likeness (QED) is 0.591. The highest BCUT2D eigenvalue weighted by Gasteiger charge is 2.07. The third kappa shape index (κ3) is 3.39. The average Bonchev–Trinajstić information content (AvgIpc) is 2.03. The largest absolute Gasteiger partial charge is 0.402 e. The van der Waals surface area contributed by atoms with Crippen molar-refractivity contribution >= 4 is 0 Å². The number of hydrogen-bond donors (Lipinski definition) is 2. The summed E-state index contributed by atoms with van der Waals surface area (Å²) in [5.41, 5.74) is 6.27. The van der Waals surface area contributed by atoms with Gasteiger partial charge < -0.3 is 16.0 Å². The van der Waals surface area contributed by atoms with Crippen molar-refractivity contribution in [1.82, 2.24) is 10.2 Å². The lowest BCUT2D eigenvalue weighted by atomic mass is 10.3. The molecule has 1 fully saturated rings. The van der Waals surface area contributed by atoms with Crippen LogP contribution in [-0.4, -0.2) is 37.6 Å². The third-order valence-electron chi connectivity index (χ3n) is 1.96. The predicted molar refractivity (Wildman–Crippen MR) is 47.3 cm³/mol. The van der Waals surface area contributed by atoms with Crippen LogP contribution in [0.25, 0.3) is 0 Å². The third-order valence-corrected chi connectivity index (χ3v) is 1.96. The Kier molecular flexibility index (Phi) is 3.39. The van der Waals surface area contributed by atoms with Crippen molar-refractivity contribution in [3.05, 3.63) is 12.3 Å². The highest BCUT2D eigenvalue weighted by atomic mass is 15.2. The maximum absolute atomic E-state index is 5.47. The van der Waals surface area contributed by atoms with Crippen molar-refractivity contribution in [3.8, 4) is 0 Å². The molecule has 3 nitrogen and oxygen atoms in total. The number of piperazine rings is 1. The van der Waals surface area contributed by atoms with E-state index in [1.807, 2.05) is 0 Å². The van der Waals surface area contributed by atoms with E-state index >= 15 is 0 Å². The number of nitrogens with two attached hydrogens (primary N) is 1. The molecule has 0 radical (unpaired) electrons. The molecule has 0 bridgehead atoms. The molecule has 1 saturated heterocycles. The number of nitrogens with one attached hydrogen (secondary N) is 1. The zero-order valence-corrected chi connectivity index (χ0v) is 6.97. The fourth-order valence-electron chi connectivity index (χ4n) is 1.24. The second kappa shape index (κ2) is 4.36. The lowest BCUT2D eigenvalue weighted by Gasteiger charge is -2.26. The van der Waals surface area contributed by atoms with E-state index in [1.165, 1.54) is 0 Å². The minimum absolute atomic E-state index is 0.795. The smallest absolute Gasteiger partial charge is 0.0108 e. The molecule has 0 atom stereocenters. The van der Waals surface area contributed by atoms with Gasteiger partial charge in [0.15, 0.2) is 0 Å². The summed E-state index contributed by atoms with van der Waals surface area (Å²) in [4.78, 5) is 2.41. The zero-order valence-electron chi connectivity index (χ0n) is 6.97. The normalized spacial score (nSPS) is 20.0. The van der Waals surface area contributed by atoms with Crippen LogP contribution in [0.2, 0.25) is 0 Å². The highest BCUT2D eigenvalue weighted by Crippen LogP contribution is 1.96. The molecule has 1 heterocycles. The first-order valence-electron chi connectivity index (χ1n) is 4.15. The maximum atomic E-state index is 5.47. The molecule has 0 aromatic heterocycles. The molecule has 64 valence electrons. The van der Waals surface area contributed by atoms with Crippen molar-refractivity contribution < 1.29 is 0 Å². The Hall–Kier alpha value is -0.540. The molecule has 3 N–H and O–H groups in total. The molecule has 3 heteroatoms. The SMILES string of the molecule is C=C(N)CCN1CCNCC1. The van der Waals surface area contributed by atoms with Crippen molar-refractivity contribution in [2.75, 3.05) is 32.7 Å². The second-order valence-corrected chi connectivity index (χ2v) is 3.00. The summed E-state index contributed by atoms with van der Waals surface area (Å²) in [6.45, 7) is 9.25. The van der Waals surface area contributed by atoms with Gasteiger partial charge in [0, 0.05) is 38.4 Å². The van der Waals surface area contributed by atoms with Crippen LogP contribution < -0.4 is 11.1 Å². The van der Waals surface area contributed by atoms with Gasteiger partial charge >= 0.3 is 0 Å². The number of nitrogens with zero attached hydrogens (tertiary/aromatic N) is 1. The highest BCUT2D eigenvalue weighted by molar-refractivity contribution is 4.87. The molecule has 1 aliphatic heterocycles. The van der Waals surface area contributed by atoms with Gasteiger partial charge in [-0.3, -0.25) is 0 Å². The molecular formula is C8H17N3. The second-order valence-electron chi connectivity index (χ2n) is 3.00. The molecule has 0 unspecified atom stereocenters. The Morgan fingerprint density at radius 2 is 2.09 bits per heavy atom. The van der Waals surface area contributed by atoms with Crippen LogP contribution in [0, 0.1) is 0 Å². The first-order valence-corrected chi connectivity index (χ1v) is 4.15. The summed E-state index contributed by atoms with van der Waals surface area (Å²) in [5.74, 6) is 0. The summed E-state index contributed by atoms with van der Waals surface area (Å²) >= 11 is 0. The van der Waals surface area contributed by atoms with Gasteiger partial charge in [0.25, 0.3) is 0 Å². The van der Waals surface area contributed by atoms with Gasteiger partial charge in [-0.1, -0.05) is 6.58 Å². The van der Waals surface area contributed by atoms with Gasteiger partial charge in [0.05, 0.1) is 0 Å². The van der Waals surface area contributed by atoms with Crippen molar-refractivity contribution in [1.29, 1.82) is 0 Å². The van der Waals surface area contributed by atoms with E-state index in [1.54, 1.807) is 0 Å². The molecule has 0 amide bonds. The van der Waals surface area contributed by atoms with Crippen molar-refractivity contribution in [3.63, 3.8) is 0 Å². The van der Waals surface area contributed by atoms with E-state index in [4.69, 9.17) is 5.73 Å². The molecule has 1 rings (SSSR count). The standard InChI is InChI=1S/C8H17N3/c1-8(9)2-5-11-6-3-10-4-7-11/h10H,1-7,9H2. The molecule has 1 aliphatic rings. The average molecular weight is 155 g/mol. The lowest BCUT2D eigenvalue weighted by molar-refractivity contribution is 0.243. The van der Waals surface area contributed by atoms with Gasteiger partial charge in [0.2, 0.25) is 0 Å². The molecular weight excluding hydrogens is 138 g/mol. The van der Waals surface area contributed by atoms with E-state index in [2.05, 4.69) is 16.8 Å². The van der Waals surface area contributed by atoms with Gasteiger partial charge in [-0.05, 0) is 6.42 Å². The monoisotopic (exact) mass is 155 g/mol. The van der Waals surface area contributed by atoms with Crippen LogP contribution in [0.5, 0.6) is 0 Å². The van der Waals surface area contributed by atoms with E-state index < -0.39 is 0 Å². The summed E-state index contributed by atoms with van der Waals surface area (Å²) in [7, 11) is 0. The molecule has 0 aromatic rings. The summed E-state index contributed by atoms with van der Waals surface area (Å²) < 4.78 is 0. The van der Waals surface area contributed by atoms with Crippen LogP contribution in [0.15, 0.2) is 12.3 Å². The van der Waals surface area contributed by atoms with E-state index in [0.717, 1.165) is 44.8 Å². The molecule has 0 saturated carbocycles. The minimum atomic E-state index is 0.795. The fraction of sp³-hybridized carbons (Fsp3) is 0.750. The predicted octanol–water partition coefficient (Wildman–Crippen LogP) is -0.246. The number of hydrogen-bond acceptors (Lipinski definition) is 3. The molecule has 0 aromatic carbocycles. The van der Waals surface area contributed by atoms with E-state index in [9.17, 15) is 0 Å². The fourth-order valence-corrected chi connectivity index (χ4v) is 1.24. The Bertz CT molecular complexity index is 127. The minimum Gasteiger partial charge on any atom is -0.402 e. The molecule has 0 aliphatic carbocycles.